The predicted molar refractivity (Wildman–Crippen MR) is 115 cm³/mol. The molecule has 3 fully saturated rings. The van der Waals surface area contributed by atoms with Gasteiger partial charge in [-0.3, -0.25) is 0 Å². The average molecular weight is 437 g/mol. The normalized spacial score (nSPS) is 25.0. The minimum atomic E-state index is -3.27. The van der Waals surface area contributed by atoms with E-state index in [-0.39, 0.29) is 41.0 Å². The van der Waals surface area contributed by atoms with E-state index in [4.69, 9.17) is 0 Å². The van der Waals surface area contributed by atoms with Crippen LogP contribution in [0.2, 0.25) is 0 Å². The molecule has 1 heterocycles. The predicted octanol–water partition coefficient (Wildman–Crippen LogP) is 3.66. The highest BCUT2D eigenvalue weighted by atomic mass is 35.5. The van der Waals surface area contributed by atoms with E-state index < -0.39 is 10.0 Å². The maximum absolute atomic E-state index is 15.3. The van der Waals surface area contributed by atoms with E-state index in [2.05, 4.69) is 10.0 Å². The molecule has 0 bridgehead atoms. The summed E-state index contributed by atoms with van der Waals surface area (Å²) in [5.41, 5.74) is 2.09. The van der Waals surface area contributed by atoms with Crippen molar-refractivity contribution in [1.29, 1.82) is 0 Å². The van der Waals surface area contributed by atoms with Crippen molar-refractivity contribution in [3.63, 3.8) is 0 Å². The van der Waals surface area contributed by atoms with E-state index in [1.807, 2.05) is 42.5 Å². The van der Waals surface area contributed by atoms with Gasteiger partial charge in [-0.15, -0.1) is 12.4 Å². The van der Waals surface area contributed by atoms with E-state index in [0.29, 0.717) is 17.5 Å². The summed E-state index contributed by atoms with van der Waals surface area (Å²) < 4.78 is 43.4. The number of benzene rings is 2. The van der Waals surface area contributed by atoms with Crippen molar-refractivity contribution < 1.29 is 12.8 Å². The molecule has 2 aliphatic carbocycles. The Kier molecular flexibility index (Phi) is 5.49. The van der Waals surface area contributed by atoms with Crippen molar-refractivity contribution >= 4 is 22.4 Å². The highest BCUT2D eigenvalue weighted by molar-refractivity contribution is 7.90. The molecule has 1 spiro atoms. The molecule has 0 unspecified atom stereocenters. The number of hydrogen-bond acceptors (Lipinski definition) is 3. The SMILES string of the molecule is Cl.O=S(=O)(N[C@@H]1[C@H](Cc2cccc(-c3ccccc3)c2F)NCC12CC2)C1CC1. The summed E-state index contributed by atoms with van der Waals surface area (Å²) in [6, 6.07) is 14.8. The highest BCUT2D eigenvalue weighted by Gasteiger charge is 2.58. The van der Waals surface area contributed by atoms with Crippen molar-refractivity contribution in [3.05, 3.63) is 59.9 Å². The van der Waals surface area contributed by atoms with Crippen molar-refractivity contribution in [2.45, 2.75) is 49.4 Å². The van der Waals surface area contributed by atoms with Gasteiger partial charge >= 0.3 is 0 Å². The smallest absolute Gasteiger partial charge is 0.214 e. The first-order valence-corrected chi connectivity index (χ1v) is 11.6. The van der Waals surface area contributed by atoms with E-state index in [1.54, 1.807) is 6.07 Å². The topological polar surface area (TPSA) is 58.2 Å². The Labute approximate surface area is 177 Å². The van der Waals surface area contributed by atoms with E-state index in [0.717, 1.165) is 37.8 Å². The van der Waals surface area contributed by atoms with Crippen LogP contribution in [-0.2, 0) is 16.4 Å². The van der Waals surface area contributed by atoms with Crippen LogP contribution < -0.4 is 10.0 Å². The maximum atomic E-state index is 15.3. The van der Waals surface area contributed by atoms with Gasteiger partial charge in [-0.05, 0) is 43.2 Å². The summed E-state index contributed by atoms with van der Waals surface area (Å²) in [4.78, 5) is 0. The second kappa shape index (κ2) is 7.65. The lowest BCUT2D eigenvalue weighted by Gasteiger charge is -2.25. The number of halogens is 2. The number of hydrogen-bond donors (Lipinski definition) is 2. The summed E-state index contributed by atoms with van der Waals surface area (Å²) in [5, 5.41) is 3.25. The van der Waals surface area contributed by atoms with Crippen LogP contribution in [0.25, 0.3) is 11.1 Å². The Hall–Kier alpha value is -1.47. The zero-order valence-electron chi connectivity index (χ0n) is 16.1. The fourth-order valence-electron chi connectivity index (χ4n) is 4.50. The van der Waals surface area contributed by atoms with Crippen LogP contribution in [0.3, 0.4) is 0 Å². The lowest BCUT2D eigenvalue weighted by molar-refractivity contribution is 0.406. The molecular weight excluding hydrogens is 411 g/mol. The molecule has 2 atom stereocenters. The van der Waals surface area contributed by atoms with Gasteiger partial charge in [0.25, 0.3) is 0 Å². The molecule has 4 nitrogen and oxygen atoms in total. The molecule has 2 N–H and O–H groups in total. The second-order valence-electron chi connectivity index (χ2n) is 8.54. The van der Waals surface area contributed by atoms with E-state index in [1.165, 1.54) is 0 Å². The van der Waals surface area contributed by atoms with Gasteiger partial charge in [0.15, 0.2) is 0 Å². The third-order valence-electron chi connectivity index (χ3n) is 6.53. The molecule has 156 valence electrons. The fourth-order valence-corrected chi connectivity index (χ4v) is 6.22. The first-order valence-electron chi connectivity index (χ1n) is 10.1. The van der Waals surface area contributed by atoms with E-state index >= 15 is 4.39 Å². The maximum Gasteiger partial charge on any atom is 0.214 e. The van der Waals surface area contributed by atoms with Crippen LogP contribution in [0.1, 0.15) is 31.2 Å². The molecule has 3 aliphatic rings. The molecule has 0 aromatic heterocycles. The van der Waals surface area contributed by atoms with Crippen LogP contribution in [0, 0.1) is 11.2 Å². The molecule has 2 saturated carbocycles. The summed E-state index contributed by atoms with van der Waals surface area (Å²) in [6.45, 7) is 0.801. The van der Waals surface area contributed by atoms with E-state index in [9.17, 15) is 8.42 Å². The van der Waals surface area contributed by atoms with Gasteiger partial charge in [0, 0.05) is 29.6 Å². The number of rotatable bonds is 6. The summed E-state index contributed by atoms with van der Waals surface area (Å²) >= 11 is 0. The van der Waals surface area contributed by atoms with Gasteiger partial charge in [-0.1, -0.05) is 48.5 Å². The van der Waals surface area contributed by atoms with Crippen molar-refractivity contribution in [3.8, 4) is 11.1 Å². The molecule has 0 amide bonds. The van der Waals surface area contributed by atoms with Crippen molar-refractivity contribution in [2.75, 3.05) is 6.54 Å². The molecular formula is C22H26ClFN2O2S. The van der Waals surface area contributed by atoms with Gasteiger partial charge in [0.05, 0.1) is 5.25 Å². The fraction of sp³-hybridized carbons (Fsp3) is 0.455. The number of nitrogens with one attached hydrogen (secondary N) is 2. The molecule has 7 heteroatoms. The zero-order valence-corrected chi connectivity index (χ0v) is 17.7. The van der Waals surface area contributed by atoms with Gasteiger partial charge in [0.1, 0.15) is 5.82 Å². The zero-order chi connectivity index (χ0) is 19.4. The summed E-state index contributed by atoms with van der Waals surface area (Å²) in [6.07, 6.45) is 4.04. The van der Waals surface area contributed by atoms with Crippen LogP contribution in [0.5, 0.6) is 0 Å². The minimum absolute atomic E-state index is 0. The monoisotopic (exact) mass is 436 g/mol. The molecule has 1 aliphatic heterocycles. The summed E-state index contributed by atoms with van der Waals surface area (Å²) in [7, 11) is -3.27. The van der Waals surface area contributed by atoms with Gasteiger partial charge in [-0.25, -0.2) is 17.5 Å². The molecule has 2 aromatic carbocycles. The number of sulfonamides is 1. The molecule has 1 saturated heterocycles. The Morgan fingerprint density at radius 2 is 1.79 bits per heavy atom. The molecule has 0 radical (unpaired) electrons. The largest absolute Gasteiger partial charge is 0.311 e. The van der Waals surface area contributed by atoms with Crippen LogP contribution >= 0.6 is 12.4 Å². The highest BCUT2D eigenvalue weighted by Crippen LogP contribution is 2.53. The Morgan fingerprint density at radius 1 is 1.07 bits per heavy atom. The van der Waals surface area contributed by atoms with Gasteiger partial charge in [-0.2, -0.15) is 0 Å². The Bertz CT molecular complexity index is 991. The molecule has 2 aromatic rings. The Morgan fingerprint density at radius 3 is 2.45 bits per heavy atom. The minimum Gasteiger partial charge on any atom is -0.311 e. The van der Waals surface area contributed by atoms with Crippen LogP contribution in [0.4, 0.5) is 4.39 Å². The van der Waals surface area contributed by atoms with Crippen molar-refractivity contribution in [2.24, 2.45) is 5.41 Å². The first kappa shape index (κ1) is 20.8. The third-order valence-corrected chi connectivity index (χ3v) is 8.46. The van der Waals surface area contributed by atoms with Gasteiger partial charge < -0.3 is 5.32 Å². The third kappa shape index (κ3) is 3.96. The van der Waals surface area contributed by atoms with Crippen molar-refractivity contribution in [1.82, 2.24) is 10.0 Å². The van der Waals surface area contributed by atoms with Crippen LogP contribution in [-0.4, -0.2) is 32.3 Å². The van der Waals surface area contributed by atoms with Crippen LogP contribution in [0.15, 0.2) is 48.5 Å². The molecule has 5 rings (SSSR count). The lowest BCUT2D eigenvalue weighted by atomic mass is 9.91. The summed E-state index contributed by atoms with van der Waals surface area (Å²) in [5.74, 6) is -0.212. The quantitative estimate of drug-likeness (QED) is 0.726. The second-order valence-corrected chi connectivity index (χ2v) is 10.5. The first-order chi connectivity index (χ1) is 13.5. The average Bonchev–Trinajstić information content (AvgIpc) is 3.59. The van der Waals surface area contributed by atoms with Gasteiger partial charge in [0.2, 0.25) is 10.0 Å². The standard InChI is InChI=1S/C22H25FN2O2S.ClH/c23-20-16(7-4-8-18(20)15-5-2-1-3-6-15)13-19-21(22(11-12-22)14-24-19)25-28(26,27)17-9-10-17;/h1-8,17,19,21,24-25H,9-14H2;1H/t19-,21+;/m0./s1. The Balaban J connectivity index is 0.00000205. The molecule has 29 heavy (non-hydrogen) atoms. The lowest BCUT2D eigenvalue weighted by Crippen LogP contribution is -2.48.